The van der Waals surface area contributed by atoms with Gasteiger partial charge in [-0.15, -0.1) is 0 Å². The molecule has 0 spiro atoms. The van der Waals surface area contributed by atoms with E-state index in [1.807, 2.05) is 13.8 Å². The number of amides is 3. The van der Waals surface area contributed by atoms with E-state index in [0.717, 1.165) is 0 Å². The van der Waals surface area contributed by atoms with Crippen molar-refractivity contribution in [2.24, 2.45) is 5.92 Å². The van der Waals surface area contributed by atoms with E-state index in [1.165, 1.54) is 35.5 Å². The lowest BCUT2D eigenvalue weighted by molar-refractivity contribution is -0.135. The van der Waals surface area contributed by atoms with Crippen LogP contribution in [0.4, 0.5) is 0 Å². The monoisotopic (exact) mass is 480 g/mol. The van der Waals surface area contributed by atoms with Crippen LogP contribution >= 0.6 is 0 Å². The van der Waals surface area contributed by atoms with Crippen LogP contribution in [0.1, 0.15) is 57.8 Å². The summed E-state index contributed by atoms with van der Waals surface area (Å²) in [6, 6.07) is 5.20. The Labute approximate surface area is 196 Å². The molecule has 0 saturated carbocycles. The molecule has 0 aromatic heterocycles. The van der Waals surface area contributed by atoms with Gasteiger partial charge in [0.1, 0.15) is 6.04 Å². The van der Waals surface area contributed by atoms with Gasteiger partial charge in [-0.3, -0.25) is 14.4 Å². The Morgan fingerprint density at radius 1 is 1.12 bits per heavy atom. The van der Waals surface area contributed by atoms with Crippen molar-refractivity contribution in [3.8, 4) is 0 Å². The lowest BCUT2D eigenvalue weighted by Crippen LogP contribution is -2.54. The van der Waals surface area contributed by atoms with Gasteiger partial charge in [0.15, 0.2) is 0 Å². The first-order valence-corrected chi connectivity index (χ1v) is 12.9. The molecule has 1 aliphatic heterocycles. The van der Waals surface area contributed by atoms with E-state index in [-0.39, 0.29) is 34.2 Å². The maximum absolute atomic E-state index is 13.1. The summed E-state index contributed by atoms with van der Waals surface area (Å²) in [4.78, 5) is 39.1. The highest BCUT2D eigenvalue weighted by Crippen LogP contribution is 2.18. The smallest absolute Gasteiger partial charge is 0.251 e. The summed E-state index contributed by atoms with van der Waals surface area (Å²) >= 11 is 0. The van der Waals surface area contributed by atoms with Gasteiger partial charge >= 0.3 is 0 Å². The average Bonchev–Trinajstić information content (AvgIpc) is 2.77. The molecule has 1 atom stereocenters. The summed E-state index contributed by atoms with van der Waals surface area (Å²) in [6.07, 6.45) is 1.32. The highest BCUT2D eigenvalue weighted by Gasteiger charge is 2.32. The van der Waals surface area contributed by atoms with Crippen LogP contribution in [-0.4, -0.2) is 73.6 Å². The number of rotatable bonds is 9. The highest BCUT2D eigenvalue weighted by atomic mass is 32.2. The predicted molar refractivity (Wildman–Crippen MR) is 126 cm³/mol. The van der Waals surface area contributed by atoms with E-state index in [0.29, 0.717) is 39.0 Å². The molecule has 3 amide bonds. The predicted octanol–water partition coefficient (Wildman–Crippen LogP) is 1.60. The van der Waals surface area contributed by atoms with Gasteiger partial charge in [-0.1, -0.05) is 33.8 Å². The minimum atomic E-state index is -3.70. The van der Waals surface area contributed by atoms with Gasteiger partial charge in [-0.25, -0.2) is 8.42 Å². The number of nitrogens with one attached hydrogen (secondary N) is 2. The van der Waals surface area contributed by atoms with Crippen LogP contribution in [-0.2, 0) is 19.6 Å². The summed E-state index contributed by atoms with van der Waals surface area (Å²) in [5.41, 5.74) is 0.186. The van der Waals surface area contributed by atoms with Crippen LogP contribution in [0.2, 0.25) is 0 Å². The largest absolute Gasteiger partial charge is 0.353 e. The zero-order chi connectivity index (χ0) is 24.8. The molecule has 1 heterocycles. The molecule has 0 aliphatic carbocycles. The summed E-state index contributed by atoms with van der Waals surface area (Å²) in [5.74, 6) is -0.909. The van der Waals surface area contributed by atoms with Crippen molar-refractivity contribution in [3.63, 3.8) is 0 Å². The van der Waals surface area contributed by atoms with Crippen LogP contribution < -0.4 is 10.6 Å². The van der Waals surface area contributed by atoms with Crippen molar-refractivity contribution in [1.82, 2.24) is 19.8 Å². The second kappa shape index (κ2) is 11.6. The maximum Gasteiger partial charge on any atom is 0.251 e. The number of sulfonamides is 1. The summed E-state index contributed by atoms with van der Waals surface area (Å²) in [7, 11) is -3.70. The minimum Gasteiger partial charge on any atom is -0.353 e. The Morgan fingerprint density at radius 3 is 2.24 bits per heavy atom. The van der Waals surface area contributed by atoms with Crippen LogP contribution in [0.5, 0.6) is 0 Å². The average molecular weight is 481 g/mol. The lowest BCUT2D eigenvalue weighted by atomic mass is 9.99. The SMILES string of the molecule is CCN(CC)S(=O)(=O)c1cccc(C(=O)NC(C(=O)N2CCC(NC(C)=O)CC2)C(C)C)c1. The fourth-order valence-corrected chi connectivity index (χ4v) is 5.48. The molecule has 10 heteroatoms. The van der Waals surface area contributed by atoms with Gasteiger partial charge in [0, 0.05) is 44.7 Å². The molecule has 2 rings (SSSR count). The van der Waals surface area contributed by atoms with Crippen LogP contribution in [0, 0.1) is 5.92 Å². The second-order valence-electron chi connectivity index (χ2n) is 8.61. The van der Waals surface area contributed by atoms with Crippen molar-refractivity contribution in [3.05, 3.63) is 29.8 Å². The van der Waals surface area contributed by atoms with Gasteiger partial charge in [0.05, 0.1) is 4.90 Å². The molecule has 1 saturated heterocycles. The van der Waals surface area contributed by atoms with Gasteiger partial charge in [0.25, 0.3) is 5.91 Å². The first kappa shape index (κ1) is 26.8. The fraction of sp³-hybridized carbons (Fsp3) is 0.609. The number of hydrogen-bond acceptors (Lipinski definition) is 5. The highest BCUT2D eigenvalue weighted by molar-refractivity contribution is 7.89. The number of likely N-dealkylation sites (tertiary alicyclic amines) is 1. The Morgan fingerprint density at radius 2 is 1.73 bits per heavy atom. The quantitative estimate of drug-likeness (QED) is 0.557. The molecule has 1 aromatic carbocycles. The number of piperidine rings is 1. The number of carbonyl (C=O) groups is 3. The molecule has 2 N–H and O–H groups in total. The van der Waals surface area contributed by atoms with Crippen LogP contribution in [0.3, 0.4) is 0 Å². The first-order chi connectivity index (χ1) is 15.5. The molecule has 9 nitrogen and oxygen atoms in total. The Bertz CT molecular complexity index is 951. The van der Waals surface area contributed by atoms with Gasteiger partial charge < -0.3 is 15.5 Å². The summed E-state index contributed by atoms with van der Waals surface area (Å²) < 4.78 is 27.0. The van der Waals surface area contributed by atoms with Crippen molar-refractivity contribution in [2.45, 2.75) is 64.4 Å². The van der Waals surface area contributed by atoms with Gasteiger partial charge in [0.2, 0.25) is 21.8 Å². The second-order valence-corrected chi connectivity index (χ2v) is 10.6. The Balaban J connectivity index is 2.13. The molecular formula is C23H36N4O5S. The molecule has 1 aliphatic rings. The number of carbonyl (C=O) groups excluding carboxylic acids is 3. The van der Waals surface area contributed by atoms with Crippen molar-refractivity contribution < 1.29 is 22.8 Å². The van der Waals surface area contributed by atoms with E-state index < -0.39 is 22.0 Å². The molecule has 0 bridgehead atoms. The molecule has 184 valence electrons. The molecule has 0 radical (unpaired) electrons. The third kappa shape index (κ3) is 6.77. The summed E-state index contributed by atoms with van der Waals surface area (Å²) in [5, 5.41) is 5.68. The van der Waals surface area contributed by atoms with E-state index in [9.17, 15) is 22.8 Å². The molecule has 33 heavy (non-hydrogen) atoms. The van der Waals surface area contributed by atoms with Crippen molar-refractivity contribution in [2.75, 3.05) is 26.2 Å². The third-order valence-electron chi connectivity index (χ3n) is 5.87. The van der Waals surface area contributed by atoms with E-state index >= 15 is 0 Å². The first-order valence-electron chi connectivity index (χ1n) is 11.5. The number of hydrogen-bond donors (Lipinski definition) is 2. The maximum atomic E-state index is 13.1. The Hall–Kier alpha value is -2.46. The van der Waals surface area contributed by atoms with E-state index in [1.54, 1.807) is 18.7 Å². The third-order valence-corrected chi connectivity index (χ3v) is 7.92. The zero-order valence-electron chi connectivity index (χ0n) is 20.1. The van der Waals surface area contributed by atoms with Crippen molar-refractivity contribution in [1.29, 1.82) is 0 Å². The topological polar surface area (TPSA) is 116 Å². The van der Waals surface area contributed by atoms with Crippen LogP contribution in [0.15, 0.2) is 29.2 Å². The van der Waals surface area contributed by atoms with Crippen LogP contribution in [0.25, 0.3) is 0 Å². The molecular weight excluding hydrogens is 444 g/mol. The summed E-state index contributed by atoms with van der Waals surface area (Å²) in [6.45, 7) is 10.4. The molecule has 1 fully saturated rings. The normalized spacial score (nSPS) is 16.0. The van der Waals surface area contributed by atoms with Gasteiger partial charge in [-0.2, -0.15) is 4.31 Å². The van der Waals surface area contributed by atoms with E-state index in [2.05, 4.69) is 10.6 Å². The van der Waals surface area contributed by atoms with Crippen molar-refractivity contribution >= 4 is 27.7 Å². The molecule has 1 aromatic rings. The zero-order valence-corrected chi connectivity index (χ0v) is 20.9. The standard InChI is InChI=1S/C23H36N4O5S/c1-6-27(7-2)33(31,32)20-10-8-9-18(15-20)22(29)25-21(16(3)4)23(30)26-13-11-19(12-14-26)24-17(5)28/h8-10,15-16,19,21H,6-7,11-14H2,1-5H3,(H,24,28)(H,25,29). The molecule has 1 unspecified atom stereocenters. The van der Waals surface area contributed by atoms with Gasteiger partial charge in [-0.05, 0) is 37.0 Å². The van der Waals surface area contributed by atoms with E-state index in [4.69, 9.17) is 0 Å². The number of nitrogens with zero attached hydrogens (tertiary/aromatic N) is 2. The fourth-order valence-electron chi connectivity index (χ4n) is 3.98. The minimum absolute atomic E-state index is 0.0475. The Kier molecular flexibility index (Phi) is 9.42. The number of benzene rings is 1. The lowest BCUT2D eigenvalue weighted by Gasteiger charge is -2.35.